The highest BCUT2D eigenvalue weighted by Crippen LogP contribution is 2.29. The lowest BCUT2D eigenvalue weighted by atomic mass is 9.98. The zero-order valence-corrected chi connectivity index (χ0v) is 20.6. The predicted octanol–water partition coefficient (Wildman–Crippen LogP) is 5.76. The van der Waals surface area contributed by atoms with Crippen LogP contribution in [-0.2, 0) is 11.3 Å². The molecule has 0 radical (unpaired) electrons. The van der Waals surface area contributed by atoms with Crippen LogP contribution in [0.15, 0.2) is 70.4 Å². The van der Waals surface area contributed by atoms with E-state index in [2.05, 4.69) is 35.4 Å². The van der Waals surface area contributed by atoms with E-state index in [-0.39, 0.29) is 11.7 Å². The number of rotatable bonds is 9. The van der Waals surface area contributed by atoms with Crippen molar-refractivity contribution in [1.82, 2.24) is 14.8 Å². The Morgan fingerprint density at radius 1 is 1.12 bits per heavy atom. The summed E-state index contributed by atoms with van der Waals surface area (Å²) >= 11 is 1.35. The van der Waals surface area contributed by atoms with Crippen LogP contribution in [0, 0.1) is 6.92 Å². The van der Waals surface area contributed by atoms with E-state index in [1.165, 1.54) is 11.8 Å². The van der Waals surface area contributed by atoms with Crippen molar-refractivity contribution < 1.29 is 13.9 Å². The summed E-state index contributed by atoms with van der Waals surface area (Å²) in [4.78, 5) is 12.9. The monoisotopic (exact) mass is 476 g/mol. The number of nitrogens with zero attached hydrogens (tertiary/aromatic N) is 3. The van der Waals surface area contributed by atoms with Crippen LogP contribution in [-0.4, -0.2) is 33.5 Å². The Kier molecular flexibility index (Phi) is 7.37. The standard InChI is InChI=1S/C26H28N4O3S/c1-17(2)22-9-5-7-18(3)24(22)27-23(31)16-34-26-29-28-25(19-10-12-20(32-4)13-11-19)30(26)15-21-8-6-14-33-21/h5-14,17H,15-16H2,1-4H3,(H,27,31). The van der Waals surface area contributed by atoms with Gasteiger partial charge in [-0.2, -0.15) is 0 Å². The van der Waals surface area contributed by atoms with Gasteiger partial charge in [-0.15, -0.1) is 10.2 Å². The normalized spacial score (nSPS) is 11.1. The van der Waals surface area contributed by atoms with E-state index in [9.17, 15) is 4.79 Å². The number of aromatic nitrogens is 3. The highest BCUT2D eigenvalue weighted by atomic mass is 32.2. The summed E-state index contributed by atoms with van der Waals surface area (Å²) in [6.45, 7) is 6.71. The smallest absolute Gasteiger partial charge is 0.234 e. The van der Waals surface area contributed by atoms with Crippen LogP contribution >= 0.6 is 11.8 Å². The number of amides is 1. The summed E-state index contributed by atoms with van der Waals surface area (Å²) in [5.41, 5.74) is 3.96. The molecule has 0 aliphatic rings. The van der Waals surface area contributed by atoms with Gasteiger partial charge in [0.1, 0.15) is 11.5 Å². The number of aryl methyl sites for hydroxylation is 1. The number of anilines is 1. The average molecular weight is 477 g/mol. The van der Waals surface area contributed by atoms with Gasteiger partial charge < -0.3 is 14.5 Å². The molecule has 0 aliphatic heterocycles. The summed E-state index contributed by atoms with van der Waals surface area (Å²) in [6, 6.07) is 17.5. The second-order valence-electron chi connectivity index (χ2n) is 8.23. The molecule has 1 amide bonds. The summed E-state index contributed by atoms with van der Waals surface area (Å²) in [5.74, 6) is 2.69. The van der Waals surface area contributed by atoms with Gasteiger partial charge in [0.25, 0.3) is 0 Å². The number of hydrogen-bond donors (Lipinski definition) is 1. The van der Waals surface area contributed by atoms with Crippen molar-refractivity contribution in [2.45, 2.75) is 38.4 Å². The minimum Gasteiger partial charge on any atom is -0.497 e. The van der Waals surface area contributed by atoms with Crippen molar-refractivity contribution in [2.75, 3.05) is 18.2 Å². The Bertz CT molecular complexity index is 1250. The molecule has 0 unspecified atom stereocenters. The zero-order valence-electron chi connectivity index (χ0n) is 19.7. The van der Waals surface area contributed by atoms with E-state index in [0.29, 0.717) is 23.4 Å². The summed E-state index contributed by atoms with van der Waals surface area (Å²) in [6.07, 6.45) is 1.64. The van der Waals surface area contributed by atoms with Gasteiger partial charge >= 0.3 is 0 Å². The lowest BCUT2D eigenvalue weighted by Gasteiger charge is -2.16. The molecule has 0 saturated carbocycles. The quantitative estimate of drug-likeness (QED) is 0.309. The van der Waals surface area contributed by atoms with Crippen molar-refractivity contribution in [3.05, 3.63) is 77.7 Å². The maximum absolute atomic E-state index is 12.9. The highest BCUT2D eigenvalue weighted by molar-refractivity contribution is 7.99. The van der Waals surface area contributed by atoms with Gasteiger partial charge in [-0.3, -0.25) is 9.36 Å². The molecule has 0 fully saturated rings. The van der Waals surface area contributed by atoms with Crippen LogP contribution < -0.4 is 10.1 Å². The lowest BCUT2D eigenvalue weighted by molar-refractivity contribution is -0.113. The molecule has 0 aliphatic carbocycles. The molecule has 0 spiro atoms. The molecule has 4 aromatic rings. The molecule has 176 valence electrons. The van der Waals surface area contributed by atoms with Crippen LogP contribution in [0.5, 0.6) is 5.75 Å². The van der Waals surface area contributed by atoms with Gasteiger partial charge in [0.15, 0.2) is 11.0 Å². The molecule has 4 rings (SSSR count). The number of carbonyl (C=O) groups is 1. The van der Waals surface area contributed by atoms with Gasteiger partial charge in [0, 0.05) is 11.3 Å². The third-order valence-corrected chi connectivity index (χ3v) is 6.45. The molecule has 1 N–H and O–H groups in total. The minimum atomic E-state index is -0.0836. The Balaban J connectivity index is 1.55. The number of carbonyl (C=O) groups excluding carboxylic acids is 1. The molecule has 8 heteroatoms. The largest absolute Gasteiger partial charge is 0.497 e. The number of benzene rings is 2. The van der Waals surface area contributed by atoms with Gasteiger partial charge in [-0.25, -0.2) is 0 Å². The van der Waals surface area contributed by atoms with Gasteiger partial charge in [-0.05, 0) is 60.4 Å². The molecular formula is C26H28N4O3S. The second-order valence-corrected chi connectivity index (χ2v) is 9.17. The van der Waals surface area contributed by atoms with Crippen LogP contribution in [0.25, 0.3) is 11.4 Å². The SMILES string of the molecule is COc1ccc(-c2nnc(SCC(=O)Nc3c(C)cccc3C(C)C)n2Cc2ccco2)cc1. The summed E-state index contributed by atoms with van der Waals surface area (Å²) in [7, 11) is 1.63. The summed E-state index contributed by atoms with van der Waals surface area (Å²) in [5, 5.41) is 12.5. The van der Waals surface area contributed by atoms with E-state index in [1.807, 2.05) is 60.0 Å². The molecule has 7 nitrogen and oxygen atoms in total. The van der Waals surface area contributed by atoms with E-state index in [4.69, 9.17) is 9.15 Å². The fourth-order valence-corrected chi connectivity index (χ4v) is 4.44. The first kappa shape index (κ1) is 23.6. The van der Waals surface area contributed by atoms with Gasteiger partial charge in [0.05, 0.1) is 25.7 Å². The molecule has 0 atom stereocenters. The number of ether oxygens (including phenoxy) is 1. The number of nitrogens with one attached hydrogen (secondary N) is 1. The van der Waals surface area contributed by atoms with E-state index in [0.717, 1.165) is 33.9 Å². The minimum absolute atomic E-state index is 0.0836. The number of hydrogen-bond acceptors (Lipinski definition) is 6. The number of thioether (sulfide) groups is 1. The molecule has 0 saturated heterocycles. The number of methoxy groups -OCH3 is 1. The van der Waals surface area contributed by atoms with Crippen LogP contribution in [0.3, 0.4) is 0 Å². The third kappa shape index (κ3) is 5.34. The molecule has 2 heterocycles. The van der Waals surface area contributed by atoms with Crippen molar-refractivity contribution in [1.29, 1.82) is 0 Å². The predicted molar refractivity (Wildman–Crippen MR) is 134 cm³/mol. The molecule has 0 bridgehead atoms. The van der Waals surface area contributed by atoms with Crippen molar-refractivity contribution in [2.24, 2.45) is 0 Å². The number of furan rings is 1. The van der Waals surface area contributed by atoms with E-state index < -0.39 is 0 Å². The molecule has 2 aromatic carbocycles. The zero-order chi connectivity index (χ0) is 24.1. The molecule has 2 aromatic heterocycles. The average Bonchev–Trinajstić information content (AvgIpc) is 3.49. The first-order valence-electron chi connectivity index (χ1n) is 11.1. The fraction of sp³-hybridized carbons (Fsp3) is 0.269. The maximum atomic E-state index is 12.9. The topological polar surface area (TPSA) is 82.2 Å². The Labute approximate surface area is 203 Å². The van der Waals surface area contributed by atoms with E-state index >= 15 is 0 Å². The Morgan fingerprint density at radius 3 is 2.59 bits per heavy atom. The van der Waals surface area contributed by atoms with Gasteiger partial charge in [0.2, 0.25) is 5.91 Å². The van der Waals surface area contributed by atoms with Crippen molar-refractivity contribution in [3.63, 3.8) is 0 Å². The molecule has 34 heavy (non-hydrogen) atoms. The van der Waals surface area contributed by atoms with Gasteiger partial charge in [-0.1, -0.05) is 43.8 Å². The first-order chi connectivity index (χ1) is 16.5. The maximum Gasteiger partial charge on any atom is 0.234 e. The highest BCUT2D eigenvalue weighted by Gasteiger charge is 2.18. The van der Waals surface area contributed by atoms with Crippen LogP contribution in [0.4, 0.5) is 5.69 Å². The molecular weight excluding hydrogens is 448 g/mol. The first-order valence-corrected chi connectivity index (χ1v) is 12.1. The van der Waals surface area contributed by atoms with Crippen LogP contribution in [0.2, 0.25) is 0 Å². The van der Waals surface area contributed by atoms with Crippen LogP contribution in [0.1, 0.15) is 36.7 Å². The lowest BCUT2D eigenvalue weighted by Crippen LogP contribution is -2.17. The second kappa shape index (κ2) is 10.6. The Hall–Kier alpha value is -3.52. The fourth-order valence-electron chi connectivity index (χ4n) is 3.70. The Morgan fingerprint density at radius 2 is 1.91 bits per heavy atom. The number of para-hydroxylation sites is 1. The third-order valence-electron chi connectivity index (χ3n) is 5.48. The van der Waals surface area contributed by atoms with Crippen molar-refractivity contribution in [3.8, 4) is 17.1 Å². The summed E-state index contributed by atoms with van der Waals surface area (Å²) < 4.78 is 12.8. The van der Waals surface area contributed by atoms with E-state index in [1.54, 1.807) is 13.4 Å². The van der Waals surface area contributed by atoms with Crippen molar-refractivity contribution >= 4 is 23.4 Å².